The zero-order valence-electron chi connectivity index (χ0n) is 24.4. The van der Waals surface area contributed by atoms with E-state index in [1.165, 1.54) is 152 Å². The van der Waals surface area contributed by atoms with Crippen molar-refractivity contribution in [2.45, 2.75) is 170 Å². The summed E-state index contributed by atoms with van der Waals surface area (Å²) in [5, 5.41) is 0. The van der Waals surface area contributed by atoms with Crippen LogP contribution in [0.5, 0.6) is 0 Å². The van der Waals surface area contributed by atoms with Gasteiger partial charge in [-0.2, -0.15) is 0 Å². The van der Waals surface area contributed by atoms with Gasteiger partial charge >= 0.3 is 0 Å². The minimum Gasteiger partial charge on any atom is -0.125 e. The first-order valence-electron chi connectivity index (χ1n) is 15.8. The second kappa shape index (κ2) is 26.9. The Kier molecular flexibility index (Phi) is 25.6. The summed E-state index contributed by atoms with van der Waals surface area (Å²) in [6.45, 7) is 6.92. The monoisotopic (exact) mass is 552 g/mol. The van der Waals surface area contributed by atoms with Gasteiger partial charge in [0.05, 0.1) is 0 Å². The van der Waals surface area contributed by atoms with Crippen molar-refractivity contribution in [3.63, 3.8) is 0 Å². The van der Waals surface area contributed by atoms with E-state index in [9.17, 15) is 0 Å². The molecule has 0 atom stereocenters. The van der Waals surface area contributed by atoms with Crippen molar-refractivity contribution in [1.82, 2.24) is 0 Å². The molecule has 0 nitrogen and oxygen atoms in total. The zero-order chi connectivity index (χ0) is 25.9. The molecule has 1 aromatic carbocycles. The summed E-state index contributed by atoms with van der Waals surface area (Å²) in [7, 11) is 0. The van der Waals surface area contributed by atoms with Gasteiger partial charge in [0.25, 0.3) is 0 Å². The van der Waals surface area contributed by atoms with Gasteiger partial charge in [0.15, 0.2) is 0 Å². The molecule has 0 aliphatic heterocycles. The van der Waals surface area contributed by atoms with Gasteiger partial charge in [0, 0.05) is 14.7 Å². The molecule has 0 radical (unpaired) electrons. The lowest BCUT2D eigenvalue weighted by Crippen LogP contribution is -1.91. The van der Waals surface area contributed by atoms with Crippen LogP contribution in [0.1, 0.15) is 156 Å². The van der Waals surface area contributed by atoms with Crippen LogP contribution in [-0.2, 0) is 0 Å². The van der Waals surface area contributed by atoms with Crippen LogP contribution in [0.4, 0.5) is 0 Å². The van der Waals surface area contributed by atoms with Crippen LogP contribution in [0.15, 0.2) is 32.9 Å². The van der Waals surface area contributed by atoms with Crippen LogP contribution in [0.2, 0.25) is 0 Å². The fraction of sp³-hybridized carbons (Fsp3) is 0.818. The lowest BCUT2D eigenvalue weighted by atomic mass is 10.1. The fourth-order valence-corrected chi connectivity index (χ4v) is 8.29. The number of hydrogen-bond donors (Lipinski definition) is 0. The number of thioether (sulfide) groups is 3. The van der Waals surface area contributed by atoms with Crippen LogP contribution in [0.25, 0.3) is 0 Å². The van der Waals surface area contributed by atoms with Gasteiger partial charge in [0.2, 0.25) is 0 Å². The van der Waals surface area contributed by atoms with Crippen LogP contribution in [0, 0.1) is 0 Å². The first-order valence-corrected chi connectivity index (χ1v) is 18.8. The van der Waals surface area contributed by atoms with E-state index in [4.69, 9.17) is 0 Å². The fourth-order valence-electron chi connectivity index (χ4n) is 4.58. The van der Waals surface area contributed by atoms with E-state index in [0.717, 1.165) is 0 Å². The summed E-state index contributed by atoms with van der Waals surface area (Å²) in [6.07, 6.45) is 29.5. The zero-order valence-corrected chi connectivity index (χ0v) is 26.9. The van der Waals surface area contributed by atoms with E-state index in [1.54, 1.807) is 14.7 Å². The molecule has 0 aromatic heterocycles. The quantitative estimate of drug-likeness (QED) is 0.0786. The first-order chi connectivity index (χ1) is 17.8. The maximum atomic E-state index is 2.40. The summed E-state index contributed by atoms with van der Waals surface area (Å²) in [5.74, 6) is 3.85. The highest BCUT2D eigenvalue weighted by Crippen LogP contribution is 2.40. The Morgan fingerprint density at radius 2 is 0.694 bits per heavy atom. The molecule has 0 aliphatic rings. The van der Waals surface area contributed by atoms with E-state index in [1.807, 2.05) is 0 Å². The molecule has 0 heterocycles. The van der Waals surface area contributed by atoms with E-state index in [0.29, 0.717) is 0 Å². The largest absolute Gasteiger partial charge is 0.125 e. The third-order valence-electron chi connectivity index (χ3n) is 6.95. The summed E-state index contributed by atoms with van der Waals surface area (Å²) in [5.41, 5.74) is 0. The molecular formula is C33H60S3. The molecule has 0 aliphatic carbocycles. The number of hydrogen-bond acceptors (Lipinski definition) is 3. The van der Waals surface area contributed by atoms with Crippen molar-refractivity contribution in [3.05, 3.63) is 18.2 Å². The second-order valence-corrected chi connectivity index (χ2v) is 13.9. The van der Waals surface area contributed by atoms with E-state index in [-0.39, 0.29) is 0 Å². The van der Waals surface area contributed by atoms with Crippen LogP contribution >= 0.6 is 35.3 Å². The van der Waals surface area contributed by atoms with Gasteiger partial charge in [-0.05, 0) is 48.7 Å². The average molecular weight is 553 g/mol. The predicted molar refractivity (Wildman–Crippen MR) is 173 cm³/mol. The first kappa shape index (κ1) is 34.3. The summed E-state index contributed by atoms with van der Waals surface area (Å²) in [4.78, 5) is 4.71. The van der Waals surface area contributed by atoms with Gasteiger partial charge in [-0.1, -0.05) is 142 Å². The molecular weight excluding hydrogens is 493 g/mol. The Morgan fingerprint density at radius 1 is 0.389 bits per heavy atom. The normalized spacial score (nSPS) is 11.4. The molecule has 0 saturated carbocycles. The highest BCUT2D eigenvalue weighted by molar-refractivity contribution is 8.03. The van der Waals surface area contributed by atoms with E-state index >= 15 is 0 Å². The van der Waals surface area contributed by atoms with Crippen LogP contribution in [0.3, 0.4) is 0 Å². The SMILES string of the molecule is CCCCCCCCCSc1cccc(SCCCCCCCCC)c1SCCCCCCCCC. The minimum absolute atomic E-state index is 1.28. The molecule has 36 heavy (non-hydrogen) atoms. The molecule has 3 heteroatoms. The molecule has 0 fully saturated rings. The summed E-state index contributed by atoms with van der Waals surface area (Å²) < 4.78 is 0. The number of benzene rings is 1. The Balaban J connectivity index is 2.47. The molecule has 1 aromatic rings. The van der Waals surface area contributed by atoms with Crippen molar-refractivity contribution in [2.75, 3.05) is 17.3 Å². The molecule has 0 unspecified atom stereocenters. The maximum Gasteiger partial charge on any atom is 0.0344 e. The van der Waals surface area contributed by atoms with E-state index in [2.05, 4.69) is 74.3 Å². The standard InChI is InChI=1S/C33H60S3/c1-4-7-10-13-16-19-22-28-34-31-26-25-27-32(35-29-23-20-17-14-11-8-5-2)33(31)36-30-24-21-18-15-12-9-6-3/h25-27H,4-24,28-30H2,1-3H3. The molecule has 210 valence electrons. The lowest BCUT2D eigenvalue weighted by Gasteiger charge is -2.14. The van der Waals surface area contributed by atoms with E-state index < -0.39 is 0 Å². The molecule has 0 amide bonds. The molecule has 1 rings (SSSR count). The average Bonchev–Trinajstić information content (AvgIpc) is 2.89. The number of rotatable bonds is 27. The van der Waals surface area contributed by atoms with Crippen LogP contribution in [-0.4, -0.2) is 17.3 Å². The molecule has 0 bridgehead atoms. The van der Waals surface area contributed by atoms with Crippen LogP contribution < -0.4 is 0 Å². The Morgan fingerprint density at radius 3 is 1.06 bits per heavy atom. The molecule has 0 spiro atoms. The smallest absolute Gasteiger partial charge is 0.0344 e. The van der Waals surface area contributed by atoms with Crippen molar-refractivity contribution < 1.29 is 0 Å². The maximum absolute atomic E-state index is 2.40. The predicted octanol–water partition coefficient (Wildman–Crippen LogP) is 13.2. The van der Waals surface area contributed by atoms with Crippen molar-refractivity contribution in [1.29, 1.82) is 0 Å². The topological polar surface area (TPSA) is 0 Å². The Hall–Kier alpha value is 0.270. The van der Waals surface area contributed by atoms with Crippen molar-refractivity contribution >= 4 is 35.3 Å². The molecule has 0 N–H and O–H groups in total. The van der Waals surface area contributed by atoms with Gasteiger partial charge in [-0.25, -0.2) is 0 Å². The third-order valence-corrected chi connectivity index (χ3v) is 10.7. The van der Waals surface area contributed by atoms with Crippen molar-refractivity contribution in [2.24, 2.45) is 0 Å². The van der Waals surface area contributed by atoms with Gasteiger partial charge in [0.1, 0.15) is 0 Å². The Labute approximate surface area is 240 Å². The van der Waals surface area contributed by atoms with Gasteiger partial charge in [-0.15, -0.1) is 35.3 Å². The minimum atomic E-state index is 1.28. The highest BCUT2D eigenvalue weighted by Gasteiger charge is 2.11. The van der Waals surface area contributed by atoms with Gasteiger partial charge < -0.3 is 0 Å². The summed E-state index contributed by atoms with van der Waals surface area (Å²) >= 11 is 6.41. The number of unbranched alkanes of at least 4 members (excludes halogenated alkanes) is 18. The second-order valence-electron chi connectivity index (χ2n) is 10.5. The van der Waals surface area contributed by atoms with Gasteiger partial charge in [-0.3, -0.25) is 0 Å². The summed E-state index contributed by atoms with van der Waals surface area (Å²) in [6, 6.07) is 7.12. The lowest BCUT2D eigenvalue weighted by molar-refractivity contribution is 0.603. The third kappa shape index (κ3) is 19.4. The Bertz CT molecular complexity index is 548. The van der Waals surface area contributed by atoms with Crippen molar-refractivity contribution in [3.8, 4) is 0 Å². The highest BCUT2D eigenvalue weighted by atomic mass is 32.2. The molecule has 0 saturated heterocycles.